The fraction of sp³-hybridized carbons (Fsp3) is 0.600. The average Bonchev–Trinajstić information content (AvgIpc) is 2.28. The van der Waals surface area contributed by atoms with Gasteiger partial charge in [-0.2, -0.15) is 13.2 Å². The molecule has 1 atom stereocenters. The van der Waals surface area contributed by atoms with E-state index in [1.807, 2.05) is 0 Å². The largest absolute Gasteiger partial charge is 0.416 e. The van der Waals surface area contributed by atoms with E-state index in [1.165, 1.54) is 12.1 Å². The zero-order valence-electron chi connectivity index (χ0n) is 11.4. The van der Waals surface area contributed by atoms with Crippen molar-refractivity contribution < 1.29 is 18.3 Å². The molecule has 4 heteroatoms. The summed E-state index contributed by atoms with van der Waals surface area (Å²) in [6.07, 6.45) is -0.178. The number of halogens is 3. The van der Waals surface area contributed by atoms with Crippen LogP contribution in [-0.2, 0) is 12.6 Å². The van der Waals surface area contributed by atoms with Crippen molar-refractivity contribution in [3.63, 3.8) is 0 Å². The Kier molecular flexibility index (Phi) is 5.41. The molecule has 1 nitrogen and oxygen atoms in total. The first-order valence-electron chi connectivity index (χ1n) is 6.63. The van der Waals surface area contributed by atoms with Gasteiger partial charge in [-0.1, -0.05) is 38.3 Å². The maximum absolute atomic E-state index is 12.4. The van der Waals surface area contributed by atoms with E-state index in [0.717, 1.165) is 37.0 Å². The molecule has 1 aromatic carbocycles. The standard InChI is InChI=1S/C15H21F3O/c1-3-4-5-10-14(2,19)11-12-6-8-13(9-7-12)15(16,17)18/h6-9,19H,3-5,10-11H2,1-2H3. The van der Waals surface area contributed by atoms with Crippen LogP contribution >= 0.6 is 0 Å². The normalized spacial score (nSPS) is 15.3. The van der Waals surface area contributed by atoms with Crippen LogP contribution in [0.3, 0.4) is 0 Å². The topological polar surface area (TPSA) is 20.2 Å². The fourth-order valence-corrected chi connectivity index (χ4v) is 2.10. The van der Waals surface area contributed by atoms with Gasteiger partial charge in [-0.15, -0.1) is 0 Å². The molecule has 0 bridgehead atoms. The summed E-state index contributed by atoms with van der Waals surface area (Å²) in [5.41, 5.74) is -0.772. The highest BCUT2D eigenvalue weighted by Gasteiger charge is 2.30. The van der Waals surface area contributed by atoms with Gasteiger partial charge in [0.1, 0.15) is 0 Å². The first-order valence-corrected chi connectivity index (χ1v) is 6.63. The van der Waals surface area contributed by atoms with Gasteiger partial charge in [-0.3, -0.25) is 0 Å². The highest BCUT2D eigenvalue weighted by molar-refractivity contribution is 5.25. The van der Waals surface area contributed by atoms with E-state index in [2.05, 4.69) is 6.92 Å². The van der Waals surface area contributed by atoms with Gasteiger partial charge in [0.05, 0.1) is 11.2 Å². The van der Waals surface area contributed by atoms with Gasteiger partial charge in [0.25, 0.3) is 0 Å². The first kappa shape index (κ1) is 16.0. The average molecular weight is 274 g/mol. The molecule has 1 unspecified atom stereocenters. The van der Waals surface area contributed by atoms with Crippen LogP contribution in [0.4, 0.5) is 13.2 Å². The molecule has 0 radical (unpaired) electrons. The lowest BCUT2D eigenvalue weighted by molar-refractivity contribution is -0.137. The van der Waals surface area contributed by atoms with Crippen LogP contribution in [0, 0.1) is 0 Å². The van der Waals surface area contributed by atoms with Gasteiger partial charge in [0, 0.05) is 6.42 Å². The van der Waals surface area contributed by atoms with Crippen LogP contribution in [0.2, 0.25) is 0 Å². The second-order valence-corrected chi connectivity index (χ2v) is 5.33. The van der Waals surface area contributed by atoms with E-state index in [0.29, 0.717) is 12.8 Å². The molecule has 0 aromatic heterocycles. The van der Waals surface area contributed by atoms with E-state index < -0.39 is 17.3 Å². The molecule has 1 rings (SSSR count). The van der Waals surface area contributed by atoms with Crippen LogP contribution in [0.5, 0.6) is 0 Å². The second kappa shape index (κ2) is 6.42. The molecular weight excluding hydrogens is 253 g/mol. The van der Waals surface area contributed by atoms with Crippen molar-refractivity contribution in [3.05, 3.63) is 35.4 Å². The zero-order chi connectivity index (χ0) is 14.5. The molecule has 0 saturated heterocycles. The minimum absolute atomic E-state index is 0.384. The van der Waals surface area contributed by atoms with Crippen LogP contribution in [-0.4, -0.2) is 10.7 Å². The Balaban J connectivity index is 2.62. The van der Waals surface area contributed by atoms with Gasteiger partial charge in [-0.25, -0.2) is 0 Å². The Labute approximate surface area is 112 Å². The number of alkyl halides is 3. The van der Waals surface area contributed by atoms with Crippen molar-refractivity contribution in [1.82, 2.24) is 0 Å². The predicted molar refractivity (Wildman–Crippen MR) is 69.9 cm³/mol. The summed E-state index contributed by atoms with van der Waals surface area (Å²) in [6, 6.07) is 5.02. The zero-order valence-corrected chi connectivity index (χ0v) is 11.4. The van der Waals surface area contributed by atoms with Gasteiger partial charge >= 0.3 is 6.18 Å². The molecule has 0 aliphatic heterocycles. The van der Waals surface area contributed by atoms with Crippen LogP contribution in [0.1, 0.15) is 50.7 Å². The molecule has 0 fully saturated rings. The Bertz CT molecular complexity index is 379. The number of rotatable bonds is 6. The maximum Gasteiger partial charge on any atom is 0.416 e. The summed E-state index contributed by atoms with van der Waals surface area (Å²) in [5.74, 6) is 0. The summed E-state index contributed by atoms with van der Waals surface area (Å²) in [4.78, 5) is 0. The number of hydrogen-bond donors (Lipinski definition) is 1. The van der Waals surface area contributed by atoms with E-state index in [1.54, 1.807) is 6.92 Å². The molecule has 0 saturated carbocycles. The molecule has 108 valence electrons. The van der Waals surface area contributed by atoms with Gasteiger partial charge in [0.2, 0.25) is 0 Å². The molecule has 1 aromatic rings. The molecule has 1 N–H and O–H groups in total. The molecule has 0 aliphatic carbocycles. The van der Waals surface area contributed by atoms with Crippen molar-refractivity contribution in [3.8, 4) is 0 Å². The lowest BCUT2D eigenvalue weighted by Gasteiger charge is -2.23. The minimum atomic E-state index is -4.30. The number of benzene rings is 1. The monoisotopic (exact) mass is 274 g/mol. The summed E-state index contributed by atoms with van der Waals surface area (Å²) < 4.78 is 37.2. The third kappa shape index (κ3) is 5.64. The fourth-order valence-electron chi connectivity index (χ4n) is 2.10. The molecule has 19 heavy (non-hydrogen) atoms. The molecular formula is C15H21F3O. The first-order chi connectivity index (χ1) is 8.74. The van der Waals surface area contributed by atoms with Gasteiger partial charge in [-0.05, 0) is 31.0 Å². The smallest absolute Gasteiger partial charge is 0.390 e. The van der Waals surface area contributed by atoms with Crippen molar-refractivity contribution in [2.24, 2.45) is 0 Å². The van der Waals surface area contributed by atoms with Crippen molar-refractivity contribution in [2.45, 2.75) is 57.7 Å². The summed E-state index contributed by atoms with van der Waals surface area (Å²) in [7, 11) is 0. The Morgan fingerprint density at radius 2 is 1.63 bits per heavy atom. The molecule has 0 heterocycles. The van der Waals surface area contributed by atoms with Crippen LogP contribution in [0.25, 0.3) is 0 Å². The predicted octanol–water partition coefficient (Wildman–Crippen LogP) is 4.58. The maximum atomic E-state index is 12.4. The molecule has 0 aliphatic rings. The Hall–Kier alpha value is -1.03. The number of unbranched alkanes of at least 4 members (excludes halogenated alkanes) is 2. The SMILES string of the molecule is CCCCCC(C)(O)Cc1ccc(C(F)(F)F)cc1. The number of hydrogen-bond acceptors (Lipinski definition) is 1. The van der Waals surface area contributed by atoms with Crippen molar-refractivity contribution >= 4 is 0 Å². The van der Waals surface area contributed by atoms with Gasteiger partial charge in [0.15, 0.2) is 0 Å². The second-order valence-electron chi connectivity index (χ2n) is 5.33. The van der Waals surface area contributed by atoms with Crippen molar-refractivity contribution in [1.29, 1.82) is 0 Å². The quantitative estimate of drug-likeness (QED) is 0.753. The lowest BCUT2D eigenvalue weighted by Crippen LogP contribution is -2.27. The number of aliphatic hydroxyl groups is 1. The Morgan fingerprint density at radius 3 is 2.11 bits per heavy atom. The van der Waals surface area contributed by atoms with Gasteiger partial charge < -0.3 is 5.11 Å². The third-order valence-corrected chi connectivity index (χ3v) is 3.19. The summed E-state index contributed by atoms with van der Waals surface area (Å²) >= 11 is 0. The van der Waals surface area contributed by atoms with E-state index in [4.69, 9.17) is 0 Å². The van der Waals surface area contributed by atoms with Crippen molar-refractivity contribution in [2.75, 3.05) is 0 Å². The van der Waals surface area contributed by atoms with E-state index in [-0.39, 0.29) is 0 Å². The van der Waals surface area contributed by atoms with E-state index in [9.17, 15) is 18.3 Å². The molecule has 0 amide bonds. The van der Waals surface area contributed by atoms with Crippen LogP contribution in [0.15, 0.2) is 24.3 Å². The minimum Gasteiger partial charge on any atom is -0.390 e. The third-order valence-electron chi connectivity index (χ3n) is 3.19. The highest BCUT2D eigenvalue weighted by Crippen LogP contribution is 2.30. The van der Waals surface area contributed by atoms with E-state index >= 15 is 0 Å². The molecule has 0 spiro atoms. The Morgan fingerprint density at radius 1 is 1.05 bits per heavy atom. The lowest BCUT2D eigenvalue weighted by atomic mass is 9.90. The highest BCUT2D eigenvalue weighted by atomic mass is 19.4. The summed E-state index contributed by atoms with van der Waals surface area (Å²) in [6.45, 7) is 3.82. The summed E-state index contributed by atoms with van der Waals surface area (Å²) in [5, 5.41) is 10.2. The van der Waals surface area contributed by atoms with Crippen LogP contribution < -0.4 is 0 Å².